The van der Waals surface area contributed by atoms with Crippen LogP contribution in [0.15, 0.2) is 36.4 Å². The normalized spacial score (nSPS) is 12.2. The highest BCUT2D eigenvalue weighted by Crippen LogP contribution is 2.34. The monoisotopic (exact) mass is 313 g/mol. The molecule has 0 fully saturated rings. The highest BCUT2D eigenvalue weighted by molar-refractivity contribution is 6.36. The minimum absolute atomic E-state index is 0.00259. The number of aliphatic hydroxyl groups is 1. The van der Waals surface area contributed by atoms with Gasteiger partial charge in [0.1, 0.15) is 5.82 Å². The Morgan fingerprint density at radius 3 is 2.40 bits per heavy atom. The quantitative estimate of drug-likeness (QED) is 0.795. The van der Waals surface area contributed by atoms with Crippen molar-refractivity contribution in [2.45, 2.75) is 19.6 Å². The van der Waals surface area contributed by atoms with Crippen LogP contribution in [0.4, 0.5) is 10.1 Å². The number of halogens is 3. The van der Waals surface area contributed by atoms with Crippen LogP contribution in [0.3, 0.4) is 0 Å². The summed E-state index contributed by atoms with van der Waals surface area (Å²) < 4.78 is 13.5. The minimum Gasteiger partial charge on any atom is -0.392 e. The van der Waals surface area contributed by atoms with Crippen molar-refractivity contribution in [1.29, 1.82) is 0 Å². The molecule has 0 saturated heterocycles. The lowest BCUT2D eigenvalue weighted by Crippen LogP contribution is -2.08. The first-order chi connectivity index (χ1) is 9.52. The van der Waals surface area contributed by atoms with Crippen LogP contribution in [-0.2, 0) is 6.61 Å². The number of nitrogens with one attached hydrogen (secondary N) is 1. The summed E-state index contributed by atoms with van der Waals surface area (Å²) >= 11 is 12.1. The van der Waals surface area contributed by atoms with Crippen LogP contribution in [0, 0.1) is 5.82 Å². The van der Waals surface area contributed by atoms with Crippen LogP contribution < -0.4 is 5.32 Å². The molecule has 2 rings (SSSR count). The summed E-state index contributed by atoms with van der Waals surface area (Å²) in [6.07, 6.45) is 0. The molecule has 2 nitrogen and oxygen atoms in total. The van der Waals surface area contributed by atoms with Crippen molar-refractivity contribution in [1.82, 2.24) is 0 Å². The van der Waals surface area contributed by atoms with E-state index in [2.05, 4.69) is 5.32 Å². The Hall–Kier alpha value is -1.29. The van der Waals surface area contributed by atoms with Crippen molar-refractivity contribution in [2.24, 2.45) is 0 Å². The fourth-order valence-corrected chi connectivity index (χ4v) is 2.67. The highest BCUT2D eigenvalue weighted by Gasteiger charge is 2.16. The van der Waals surface area contributed by atoms with E-state index in [0.717, 1.165) is 11.3 Å². The van der Waals surface area contributed by atoms with E-state index in [1.807, 2.05) is 31.2 Å². The SMILES string of the molecule is CC(Nc1ccc(CO)cc1)c1c(Cl)ccc(F)c1Cl. The van der Waals surface area contributed by atoms with Gasteiger partial charge in [-0.3, -0.25) is 0 Å². The Morgan fingerprint density at radius 1 is 1.15 bits per heavy atom. The number of hydrogen-bond acceptors (Lipinski definition) is 2. The van der Waals surface area contributed by atoms with E-state index in [1.54, 1.807) is 0 Å². The lowest BCUT2D eigenvalue weighted by molar-refractivity contribution is 0.282. The third-order valence-electron chi connectivity index (χ3n) is 3.03. The van der Waals surface area contributed by atoms with E-state index in [1.165, 1.54) is 12.1 Å². The third-order valence-corrected chi connectivity index (χ3v) is 3.75. The number of rotatable bonds is 4. The average molecular weight is 314 g/mol. The fraction of sp³-hybridized carbons (Fsp3) is 0.200. The summed E-state index contributed by atoms with van der Waals surface area (Å²) in [4.78, 5) is 0. The summed E-state index contributed by atoms with van der Waals surface area (Å²) in [5.74, 6) is -0.490. The molecule has 0 saturated carbocycles. The van der Waals surface area contributed by atoms with Crippen molar-refractivity contribution < 1.29 is 9.50 Å². The largest absolute Gasteiger partial charge is 0.392 e. The van der Waals surface area contributed by atoms with E-state index in [0.29, 0.717) is 10.6 Å². The molecule has 0 radical (unpaired) electrons. The van der Waals surface area contributed by atoms with Gasteiger partial charge in [0, 0.05) is 16.3 Å². The van der Waals surface area contributed by atoms with Crippen molar-refractivity contribution in [3.05, 3.63) is 63.4 Å². The molecule has 2 aromatic carbocycles. The standard InChI is InChI=1S/C15H14Cl2FNO/c1-9(14-12(16)6-7-13(18)15(14)17)19-11-4-2-10(8-20)3-5-11/h2-7,9,19-20H,8H2,1H3. The van der Waals surface area contributed by atoms with Gasteiger partial charge < -0.3 is 10.4 Å². The molecule has 5 heteroatoms. The molecule has 1 unspecified atom stereocenters. The molecule has 2 aromatic rings. The Kier molecular flexibility index (Phi) is 4.86. The Balaban J connectivity index is 2.23. The maximum Gasteiger partial charge on any atom is 0.142 e. The third kappa shape index (κ3) is 3.23. The minimum atomic E-state index is -0.490. The Labute approximate surface area is 127 Å². The summed E-state index contributed by atoms with van der Waals surface area (Å²) in [6, 6.07) is 9.79. The molecule has 20 heavy (non-hydrogen) atoms. The van der Waals surface area contributed by atoms with Crippen LogP contribution in [0.25, 0.3) is 0 Å². The predicted molar refractivity (Wildman–Crippen MR) is 80.8 cm³/mol. The van der Waals surface area contributed by atoms with Crippen LogP contribution in [0.2, 0.25) is 10.0 Å². The van der Waals surface area contributed by atoms with Gasteiger partial charge >= 0.3 is 0 Å². The maximum atomic E-state index is 13.5. The predicted octanol–water partition coefficient (Wildman–Crippen LogP) is 4.80. The number of anilines is 1. The number of aliphatic hydroxyl groups excluding tert-OH is 1. The van der Waals surface area contributed by atoms with E-state index in [9.17, 15) is 4.39 Å². The highest BCUT2D eigenvalue weighted by atomic mass is 35.5. The van der Waals surface area contributed by atoms with Gasteiger partial charge in [0.05, 0.1) is 17.7 Å². The number of benzene rings is 2. The van der Waals surface area contributed by atoms with Gasteiger partial charge in [-0.05, 0) is 36.8 Å². The second-order valence-electron chi connectivity index (χ2n) is 4.48. The fourth-order valence-electron chi connectivity index (χ4n) is 1.97. The van der Waals surface area contributed by atoms with Gasteiger partial charge in [0.25, 0.3) is 0 Å². The first kappa shape index (κ1) is 15.1. The molecule has 2 N–H and O–H groups in total. The molecule has 0 bridgehead atoms. The van der Waals surface area contributed by atoms with Gasteiger partial charge in [-0.15, -0.1) is 0 Å². The van der Waals surface area contributed by atoms with E-state index >= 15 is 0 Å². The van der Waals surface area contributed by atoms with Gasteiger partial charge in [-0.2, -0.15) is 0 Å². The van der Waals surface area contributed by atoms with Crippen LogP contribution in [0.1, 0.15) is 24.1 Å². The van der Waals surface area contributed by atoms with Crippen LogP contribution >= 0.6 is 23.2 Å². The summed E-state index contributed by atoms with van der Waals surface area (Å²) in [6.45, 7) is 1.85. The smallest absolute Gasteiger partial charge is 0.142 e. The summed E-state index contributed by atoms with van der Waals surface area (Å²) in [7, 11) is 0. The van der Waals surface area contributed by atoms with Crippen LogP contribution in [-0.4, -0.2) is 5.11 Å². The molecule has 0 aliphatic heterocycles. The lowest BCUT2D eigenvalue weighted by atomic mass is 10.1. The first-order valence-electron chi connectivity index (χ1n) is 6.12. The van der Waals surface area contributed by atoms with Gasteiger partial charge in [0.15, 0.2) is 0 Å². The van der Waals surface area contributed by atoms with E-state index in [4.69, 9.17) is 28.3 Å². The topological polar surface area (TPSA) is 32.3 Å². The molecule has 0 aromatic heterocycles. The molecule has 106 valence electrons. The second kappa shape index (κ2) is 6.44. The van der Waals surface area contributed by atoms with Crippen molar-refractivity contribution >= 4 is 28.9 Å². The second-order valence-corrected chi connectivity index (χ2v) is 5.26. The zero-order valence-electron chi connectivity index (χ0n) is 10.8. The maximum absolute atomic E-state index is 13.5. The van der Waals surface area contributed by atoms with Gasteiger partial charge in [0.2, 0.25) is 0 Å². The Bertz CT molecular complexity index is 602. The summed E-state index contributed by atoms with van der Waals surface area (Å²) in [5, 5.41) is 12.6. The molecule has 1 atom stereocenters. The average Bonchev–Trinajstić information content (AvgIpc) is 2.44. The lowest BCUT2D eigenvalue weighted by Gasteiger charge is -2.19. The first-order valence-corrected chi connectivity index (χ1v) is 6.88. The zero-order valence-corrected chi connectivity index (χ0v) is 12.3. The van der Waals surface area contributed by atoms with Gasteiger partial charge in [-0.25, -0.2) is 4.39 Å². The van der Waals surface area contributed by atoms with Crippen molar-refractivity contribution in [3.63, 3.8) is 0 Å². The number of hydrogen-bond donors (Lipinski definition) is 2. The molecular formula is C15H14Cl2FNO. The van der Waals surface area contributed by atoms with E-state index < -0.39 is 5.82 Å². The summed E-state index contributed by atoms with van der Waals surface area (Å²) in [5.41, 5.74) is 2.19. The van der Waals surface area contributed by atoms with Crippen molar-refractivity contribution in [2.75, 3.05) is 5.32 Å². The molecule has 0 spiro atoms. The van der Waals surface area contributed by atoms with Gasteiger partial charge in [-0.1, -0.05) is 35.3 Å². The Morgan fingerprint density at radius 2 is 1.80 bits per heavy atom. The van der Waals surface area contributed by atoms with E-state index in [-0.39, 0.29) is 17.7 Å². The van der Waals surface area contributed by atoms with Crippen LogP contribution in [0.5, 0.6) is 0 Å². The molecular weight excluding hydrogens is 300 g/mol. The zero-order chi connectivity index (χ0) is 14.7. The molecule has 0 heterocycles. The molecule has 0 aliphatic carbocycles. The molecule has 0 amide bonds. The molecule has 0 aliphatic rings. The van der Waals surface area contributed by atoms with Crippen molar-refractivity contribution in [3.8, 4) is 0 Å².